The van der Waals surface area contributed by atoms with Gasteiger partial charge in [-0.3, -0.25) is 9.69 Å². The van der Waals surface area contributed by atoms with Crippen LogP contribution in [0.15, 0.2) is 54.6 Å². The van der Waals surface area contributed by atoms with Gasteiger partial charge in [0.25, 0.3) is 0 Å². The Balaban J connectivity index is 1.38. The lowest BCUT2D eigenvalue weighted by Gasteiger charge is -2.17. The average Bonchev–Trinajstić information content (AvgIpc) is 3.18. The zero-order valence-corrected chi connectivity index (χ0v) is 16.1. The third-order valence-electron chi connectivity index (χ3n) is 4.77. The monoisotopic (exact) mass is 368 g/mol. The molecule has 4 heteroatoms. The van der Waals surface area contributed by atoms with Crippen molar-refractivity contribution in [2.45, 2.75) is 38.1 Å². The van der Waals surface area contributed by atoms with E-state index in [-0.39, 0.29) is 5.91 Å². The van der Waals surface area contributed by atoms with E-state index >= 15 is 0 Å². The highest BCUT2D eigenvalue weighted by molar-refractivity contribution is 7.98. The number of nitrogens with zero attached hydrogens (tertiary/aromatic N) is 1. The van der Waals surface area contributed by atoms with E-state index in [1.54, 1.807) is 0 Å². The maximum atomic E-state index is 12.1. The molecule has 2 aromatic rings. The smallest absolute Gasteiger partial charge is 0.221 e. The number of benzene rings is 2. The number of hydrogen-bond acceptors (Lipinski definition) is 3. The fourth-order valence-electron chi connectivity index (χ4n) is 3.28. The SMILES string of the molecule is O=C(CCSCc1ccccc1)NCc1ccccc1CN1CCCC1. The highest BCUT2D eigenvalue weighted by Gasteiger charge is 2.13. The molecule has 3 nitrogen and oxygen atoms in total. The Hall–Kier alpha value is -1.78. The van der Waals surface area contributed by atoms with Gasteiger partial charge in [-0.2, -0.15) is 11.8 Å². The summed E-state index contributed by atoms with van der Waals surface area (Å²) < 4.78 is 0. The summed E-state index contributed by atoms with van der Waals surface area (Å²) in [6.45, 7) is 4.02. The van der Waals surface area contributed by atoms with Gasteiger partial charge >= 0.3 is 0 Å². The van der Waals surface area contributed by atoms with Crippen molar-refractivity contribution >= 4 is 17.7 Å². The molecule has 2 aromatic carbocycles. The predicted molar refractivity (Wildman–Crippen MR) is 110 cm³/mol. The molecular weight excluding hydrogens is 340 g/mol. The van der Waals surface area contributed by atoms with Crippen LogP contribution in [0.25, 0.3) is 0 Å². The molecule has 0 spiro atoms. The summed E-state index contributed by atoms with van der Waals surface area (Å²) in [4.78, 5) is 14.6. The molecule has 0 bridgehead atoms. The van der Waals surface area contributed by atoms with Crippen LogP contribution >= 0.6 is 11.8 Å². The number of hydrogen-bond donors (Lipinski definition) is 1. The topological polar surface area (TPSA) is 32.3 Å². The van der Waals surface area contributed by atoms with E-state index < -0.39 is 0 Å². The van der Waals surface area contributed by atoms with Crippen LogP contribution < -0.4 is 5.32 Å². The Labute approximate surface area is 161 Å². The minimum Gasteiger partial charge on any atom is -0.352 e. The normalized spacial score (nSPS) is 14.5. The molecule has 1 amide bonds. The van der Waals surface area contributed by atoms with Crippen LogP contribution in [0.2, 0.25) is 0 Å². The van der Waals surface area contributed by atoms with Gasteiger partial charge in [-0.1, -0.05) is 54.6 Å². The zero-order chi connectivity index (χ0) is 18.0. The van der Waals surface area contributed by atoms with Gasteiger partial charge in [-0.05, 0) is 42.6 Å². The second-order valence-electron chi connectivity index (χ2n) is 6.82. The van der Waals surface area contributed by atoms with E-state index in [0.717, 1.165) is 18.1 Å². The van der Waals surface area contributed by atoms with Crippen molar-refractivity contribution in [2.24, 2.45) is 0 Å². The van der Waals surface area contributed by atoms with Gasteiger partial charge in [0.2, 0.25) is 5.91 Å². The molecule has 0 radical (unpaired) electrons. The zero-order valence-electron chi connectivity index (χ0n) is 15.3. The van der Waals surface area contributed by atoms with Gasteiger partial charge in [0, 0.05) is 31.0 Å². The van der Waals surface area contributed by atoms with Crippen LogP contribution in [0, 0.1) is 0 Å². The first kappa shape index (κ1) is 19.0. The maximum absolute atomic E-state index is 12.1. The van der Waals surface area contributed by atoms with Crippen molar-refractivity contribution in [1.29, 1.82) is 0 Å². The lowest BCUT2D eigenvalue weighted by atomic mass is 10.1. The lowest BCUT2D eigenvalue weighted by molar-refractivity contribution is -0.120. The molecule has 0 saturated carbocycles. The summed E-state index contributed by atoms with van der Waals surface area (Å²) in [6, 6.07) is 18.9. The number of rotatable bonds is 9. The van der Waals surface area contributed by atoms with E-state index in [9.17, 15) is 4.79 Å². The van der Waals surface area contributed by atoms with Gasteiger partial charge in [-0.15, -0.1) is 0 Å². The summed E-state index contributed by atoms with van der Waals surface area (Å²) in [7, 11) is 0. The van der Waals surface area contributed by atoms with E-state index in [4.69, 9.17) is 0 Å². The van der Waals surface area contributed by atoms with Crippen molar-refractivity contribution in [3.8, 4) is 0 Å². The lowest BCUT2D eigenvalue weighted by Crippen LogP contribution is -2.25. The number of thioether (sulfide) groups is 1. The van der Waals surface area contributed by atoms with E-state index in [1.165, 1.54) is 42.6 Å². The van der Waals surface area contributed by atoms with Gasteiger partial charge in [0.05, 0.1) is 0 Å². The number of nitrogens with one attached hydrogen (secondary N) is 1. The maximum Gasteiger partial charge on any atom is 0.221 e. The van der Waals surface area contributed by atoms with Crippen molar-refractivity contribution < 1.29 is 4.79 Å². The minimum absolute atomic E-state index is 0.140. The first-order valence-electron chi connectivity index (χ1n) is 9.49. The summed E-state index contributed by atoms with van der Waals surface area (Å²) in [5.41, 5.74) is 3.89. The largest absolute Gasteiger partial charge is 0.352 e. The molecule has 0 unspecified atom stereocenters. The second-order valence-corrected chi connectivity index (χ2v) is 7.92. The minimum atomic E-state index is 0.140. The molecule has 3 rings (SSSR count). The van der Waals surface area contributed by atoms with Crippen LogP contribution in [-0.2, 0) is 23.6 Å². The Morgan fingerprint density at radius 2 is 1.65 bits per heavy atom. The van der Waals surface area contributed by atoms with Crippen LogP contribution in [0.1, 0.15) is 36.0 Å². The molecule has 0 atom stereocenters. The molecule has 138 valence electrons. The molecule has 1 N–H and O–H groups in total. The number of amides is 1. The summed E-state index contributed by atoms with van der Waals surface area (Å²) in [5.74, 6) is 1.96. The molecule has 1 fully saturated rings. The van der Waals surface area contributed by atoms with Gasteiger partial charge in [0.1, 0.15) is 0 Å². The Morgan fingerprint density at radius 3 is 2.42 bits per heavy atom. The van der Waals surface area contributed by atoms with E-state index in [0.29, 0.717) is 13.0 Å². The van der Waals surface area contributed by atoms with Crippen molar-refractivity contribution in [1.82, 2.24) is 10.2 Å². The van der Waals surface area contributed by atoms with Crippen LogP contribution in [-0.4, -0.2) is 29.6 Å². The standard InChI is InChI=1S/C22H28N2OS/c25-22(12-15-26-18-19-8-2-1-3-9-19)23-16-20-10-4-5-11-21(20)17-24-13-6-7-14-24/h1-5,8-11H,6-7,12-18H2,(H,23,25). The second kappa shape index (κ2) is 10.4. The van der Waals surface area contributed by atoms with Gasteiger partial charge in [0.15, 0.2) is 0 Å². The third kappa shape index (κ3) is 6.19. The van der Waals surface area contributed by atoms with Gasteiger partial charge < -0.3 is 5.32 Å². The third-order valence-corrected chi connectivity index (χ3v) is 5.80. The predicted octanol–water partition coefficient (Wildman–Crippen LogP) is 4.22. The molecular formula is C22H28N2OS. The molecule has 0 aromatic heterocycles. The number of carbonyl (C=O) groups excluding carboxylic acids is 1. The van der Waals surface area contributed by atoms with Crippen LogP contribution in [0.3, 0.4) is 0 Å². The van der Waals surface area contributed by atoms with E-state index in [2.05, 4.69) is 58.7 Å². The molecule has 0 aliphatic carbocycles. The van der Waals surface area contributed by atoms with Crippen molar-refractivity contribution in [3.05, 3.63) is 71.3 Å². The van der Waals surface area contributed by atoms with Crippen molar-refractivity contribution in [2.75, 3.05) is 18.8 Å². The molecule has 26 heavy (non-hydrogen) atoms. The first-order chi connectivity index (χ1) is 12.8. The fraction of sp³-hybridized carbons (Fsp3) is 0.409. The Bertz CT molecular complexity index is 684. The summed E-state index contributed by atoms with van der Waals surface area (Å²) in [6.07, 6.45) is 3.19. The quantitative estimate of drug-likeness (QED) is 0.673. The van der Waals surface area contributed by atoms with Crippen LogP contribution in [0.5, 0.6) is 0 Å². The Kier molecular flexibility index (Phi) is 7.59. The fourth-order valence-corrected chi connectivity index (χ4v) is 4.18. The first-order valence-corrected chi connectivity index (χ1v) is 10.6. The highest BCUT2D eigenvalue weighted by Crippen LogP contribution is 2.16. The molecule has 1 aliphatic rings. The Morgan fingerprint density at radius 1 is 0.962 bits per heavy atom. The number of carbonyl (C=O) groups is 1. The molecule has 1 saturated heterocycles. The average molecular weight is 369 g/mol. The van der Waals surface area contributed by atoms with E-state index in [1.807, 2.05) is 17.8 Å². The summed E-state index contributed by atoms with van der Waals surface area (Å²) in [5, 5.41) is 3.09. The number of likely N-dealkylation sites (tertiary alicyclic amines) is 1. The van der Waals surface area contributed by atoms with Crippen LogP contribution in [0.4, 0.5) is 0 Å². The molecule has 1 aliphatic heterocycles. The van der Waals surface area contributed by atoms with Gasteiger partial charge in [-0.25, -0.2) is 0 Å². The summed E-state index contributed by atoms with van der Waals surface area (Å²) >= 11 is 1.81. The molecule has 1 heterocycles. The highest BCUT2D eigenvalue weighted by atomic mass is 32.2. The van der Waals surface area contributed by atoms with Crippen molar-refractivity contribution in [3.63, 3.8) is 0 Å².